The van der Waals surface area contributed by atoms with Crippen molar-refractivity contribution in [3.05, 3.63) is 60.7 Å². The smallest absolute Gasteiger partial charge is 0.382 e. The van der Waals surface area contributed by atoms with E-state index in [4.69, 9.17) is 11.5 Å². The summed E-state index contributed by atoms with van der Waals surface area (Å²) in [5, 5.41) is 3.04. The highest BCUT2D eigenvalue weighted by Gasteiger charge is 2.30. The number of piperidine rings is 1. The van der Waals surface area contributed by atoms with E-state index in [1.165, 1.54) is 24.5 Å². The number of nitrogens with zero attached hydrogens (tertiary/aromatic N) is 5. The van der Waals surface area contributed by atoms with Crippen molar-refractivity contribution in [2.45, 2.75) is 31.2 Å². The molecule has 4 heterocycles. The highest BCUT2D eigenvalue weighted by atomic mass is 19.4. The summed E-state index contributed by atoms with van der Waals surface area (Å²) >= 11 is 0. The van der Waals surface area contributed by atoms with Gasteiger partial charge in [0.2, 0.25) is 0 Å². The largest absolute Gasteiger partial charge is 0.393 e. The maximum Gasteiger partial charge on any atom is 0.393 e. The number of alkyl halides is 4. The third-order valence-electron chi connectivity index (χ3n) is 5.60. The summed E-state index contributed by atoms with van der Waals surface area (Å²) in [6.07, 6.45) is -2.07. The predicted octanol–water partition coefficient (Wildman–Crippen LogP) is 3.58. The van der Waals surface area contributed by atoms with E-state index in [0.29, 0.717) is 24.5 Å². The van der Waals surface area contributed by atoms with Gasteiger partial charge in [0.15, 0.2) is 11.6 Å². The minimum Gasteiger partial charge on any atom is -0.382 e. The van der Waals surface area contributed by atoms with Crippen molar-refractivity contribution in [1.82, 2.24) is 19.9 Å². The first-order chi connectivity index (χ1) is 16.6. The molecule has 2 unspecified atom stereocenters. The molecule has 1 aliphatic rings. The maximum absolute atomic E-state index is 14.2. The minimum atomic E-state index is -4.42. The van der Waals surface area contributed by atoms with Gasteiger partial charge >= 0.3 is 6.18 Å². The van der Waals surface area contributed by atoms with Crippen molar-refractivity contribution in [1.29, 1.82) is 0 Å². The highest BCUT2D eigenvalue weighted by molar-refractivity contribution is 5.82. The van der Waals surface area contributed by atoms with Crippen LogP contribution in [-0.2, 0) is 6.42 Å². The van der Waals surface area contributed by atoms with Crippen LogP contribution in [0.5, 0.6) is 0 Å². The Hall–Kier alpha value is -3.80. The quantitative estimate of drug-likeness (QED) is 0.451. The van der Waals surface area contributed by atoms with E-state index >= 15 is 0 Å². The molecule has 0 spiro atoms. The van der Waals surface area contributed by atoms with Crippen LogP contribution in [0.15, 0.2) is 49.4 Å². The number of halogens is 4. The molecule has 2 atom stereocenters. The molecule has 0 bridgehead atoms. The van der Waals surface area contributed by atoms with E-state index in [9.17, 15) is 17.6 Å². The Morgan fingerprint density at radius 2 is 1.91 bits per heavy atom. The fraction of sp³-hybridized carbons (Fsp3) is 0.304. The van der Waals surface area contributed by atoms with E-state index in [0.717, 1.165) is 0 Å². The predicted molar refractivity (Wildman–Crippen MR) is 126 cm³/mol. The van der Waals surface area contributed by atoms with Crippen LogP contribution < -0.4 is 21.7 Å². The minimum absolute atomic E-state index is 0.0183. The van der Waals surface area contributed by atoms with Crippen molar-refractivity contribution in [3.8, 4) is 11.4 Å². The first kappa shape index (κ1) is 24.3. The van der Waals surface area contributed by atoms with Gasteiger partial charge in [0.1, 0.15) is 17.6 Å². The van der Waals surface area contributed by atoms with Crippen molar-refractivity contribution < 1.29 is 17.6 Å². The molecule has 35 heavy (non-hydrogen) atoms. The van der Waals surface area contributed by atoms with Gasteiger partial charge < -0.3 is 21.7 Å². The number of nitrogens with two attached hydrogens (primary N) is 2. The van der Waals surface area contributed by atoms with Crippen LogP contribution in [0, 0.1) is 0 Å². The molecule has 3 aromatic rings. The average Bonchev–Trinajstić information content (AvgIpc) is 2.81. The SMILES string of the molecule is C=C(Nc1ncccc1N1CCC(N)C(F)C1)c1nc(-c2ncccc2CC(F)(F)F)cnc1N. The molecule has 4 rings (SSSR count). The fourth-order valence-electron chi connectivity index (χ4n) is 3.85. The normalized spacial score (nSPS) is 18.4. The summed E-state index contributed by atoms with van der Waals surface area (Å²) in [5.74, 6) is 0.409. The zero-order chi connectivity index (χ0) is 25.2. The Labute approximate surface area is 199 Å². The Bertz CT molecular complexity index is 1220. The van der Waals surface area contributed by atoms with E-state index in [2.05, 4.69) is 31.8 Å². The van der Waals surface area contributed by atoms with Crippen molar-refractivity contribution in [3.63, 3.8) is 0 Å². The lowest BCUT2D eigenvalue weighted by atomic mass is 10.0. The van der Waals surface area contributed by atoms with Gasteiger partial charge in [0.25, 0.3) is 0 Å². The summed E-state index contributed by atoms with van der Waals surface area (Å²) in [6, 6.07) is 5.76. The molecule has 1 saturated heterocycles. The molecule has 0 aliphatic carbocycles. The fourth-order valence-corrected chi connectivity index (χ4v) is 3.85. The van der Waals surface area contributed by atoms with Gasteiger partial charge in [-0.15, -0.1) is 0 Å². The summed E-state index contributed by atoms with van der Waals surface area (Å²) < 4.78 is 53.3. The lowest BCUT2D eigenvalue weighted by molar-refractivity contribution is -0.127. The molecule has 184 valence electrons. The van der Waals surface area contributed by atoms with Gasteiger partial charge in [-0.25, -0.2) is 19.3 Å². The highest BCUT2D eigenvalue weighted by Crippen LogP contribution is 2.31. The van der Waals surface area contributed by atoms with Crippen LogP contribution in [0.4, 0.5) is 34.9 Å². The van der Waals surface area contributed by atoms with Crippen LogP contribution in [-0.4, -0.2) is 51.4 Å². The third kappa shape index (κ3) is 5.65. The zero-order valence-corrected chi connectivity index (χ0v) is 18.6. The van der Waals surface area contributed by atoms with Gasteiger partial charge in [-0.05, 0) is 30.2 Å². The number of rotatable bonds is 6. The molecule has 5 N–H and O–H groups in total. The van der Waals surface area contributed by atoms with Gasteiger partial charge in [0, 0.05) is 25.0 Å². The number of hydrogen-bond acceptors (Lipinski definition) is 8. The maximum atomic E-state index is 14.2. The molecule has 1 aliphatic heterocycles. The third-order valence-corrected chi connectivity index (χ3v) is 5.60. The summed E-state index contributed by atoms with van der Waals surface area (Å²) in [5.41, 5.74) is 12.9. The van der Waals surface area contributed by atoms with Crippen molar-refractivity contribution in [2.24, 2.45) is 5.73 Å². The molecule has 0 amide bonds. The van der Waals surface area contributed by atoms with E-state index < -0.39 is 24.8 Å². The van der Waals surface area contributed by atoms with Crippen LogP contribution in [0.25, 0.3) is 17.1 Å². The number of nitrogen functional groups attached to an aromatic ring is 1. The lowest BCUT2D eigenvalue weighted by Crippen LogP contribution is -2.48. The van der Waals surface area contributed by atoms with E-state index in [1.807, 2.05) is 4.90 Å². The molecule has 1 fully saturated rings. The van der Waals surface area contributed by atoms with Gasteiger partial charge in [-0.3, -0.25) is 4.98 Å². The van der Waals surface area contributed by atoms with E-state index in [-0.39, 0.29) is 40.7 Å². The molecule has 12 heteroatoms. The first-order valence-corrected chi connectivity index (χ1v) is 10.8. The van der Waals surface area contributed by atoms with Gasteiger partial charge in [-0.2, -0.15) is 13.2 Å². The van der Waals surface area contributed by atoms with Gasteiger partial charge in [-0.1, -0.05) is 12.6 Å². The molecule has 8 nitrogen and oxygen atoms in total. The number of anilines is 3. The number of pyridine rings is 2. The molecule has 0 saturated carbocycles. The number of nitrogens with one attached hydrogen (secondary N) is 1. The Balaban J connectivity index is 1.62. The summed E-state index contributed by atoms with van der Waals surface area (Å²) in [7, 11) is 0. The molecule has 3 aromatic heterocycles. The van der Waals surface area contributed by atoms with E-state index in [1.54, 1.807) is 18.3 Å². The van der Waals surface area contributed by atoms with Crippen LogP contribution >= 0.6 is 0 Å². The molecule has 0 aromatic carbocycles. The van der Waals surface area contributed by atoms with Crippen molar-refractivity contribution in [2.75, 3.05) is 29.0 Å². The van der Waals surface area contributed by atoms with Crippen LogP contribution in [0.2, 0.25) is 0 Å². The Morgan fingerprint density at radius 1 is 1.17 bits per heavy atom. The zero-order valence-electron chi connectivity index (χ0n) is 18.6. The molecular formula is C23H24F4N8. The van der Waals surface area contributed by atoms with Gasteiger partial charge in [0.05, 0.1) is 36.2 Å². The average molecular weight is 488 g/mol. The summed E-state index contributed by atoms with van der Waals surface area (Å²) in [4.78, 5) is 18.7. The van der Waals surface area contributed by atoms with Crippen LogP contribution in [0.3, 0.4) is 0 Å². The second-order valence-electron chi connectivity index (χ2n) is 8.18. The topological polar surface area (TPSA) is 119 Å². The lowest BCUT2D eigenvalue weighted by Gasteiger charge is -2.35. The standard InChI is InChI=1S/C23H24F4N8/c1-13(33-22-18(5-3-8-31-22)35-9-6-16(28)15(24)12-35)19-21(29)32-11-17(34-19)20-14(4-2-7-30-20)10-23(25,26)27/h2-5,7-8,11,15-16H,1,6,9-10,12,28H2,(H2,29,32)(H,31,33). The Kier molecular flexibility index (Phi) is 6.83. The number of hydrogen-bond donors (Lipinski definition) is 3. The Morgan fingerprint density at radius 3 is 2.66 bits per heavy atom. The second-order valence-corrected chi connectivity index (χ2v) is 8.18. The summed E-state index contributed by atoms with van der Waals surface area (Å²) in [6.45, 7) is 4.63. The second kappa shape index (κ2) is 9.82. The molecule has 0 radical (unpaired) electrons. The number of aromatic nitrogens is 4. The molecular weight excluding hydrogens is 464 g/mol. The van der Waals surface area contributed by atoms with Crippen molar-refractivity contribution >= 4 is 23.0 Å². The first-order valence-electron chi connectivity index (χ1n) is 10.8. The van der Waals surface area contributed by atoms with Crippen LogP contribution in [0.1, 0.15) is 17.7 Å². The monoisotopic (exact) mass is 488 g/mol.